The van der Waals surface area contributed by atoms with Gasteiger partial charge in [0.1, 0.15) is 15.4 Å². The Kier molecular flexibility index (Phi) is 5.28. The van der Waals surface area contributed by atoms with Crippen molar-refractivity contribution in [3.8, 4) is 0 Å². The molecule has 0 N–H and O–H groups in total. The van der Waals surface area contributed by atoms with Crippen molar-refractivity contribution in [2.75, 3.05) is 9.80 Å². The molecule has 0 fully saturated rings. The first kappa shape index (κ1) is 19.5. The van der Waals surface area contributed by atoms with Crippen LogP contribution in [0.2, 0.25) is 0 Å². The third-order valence-corrected chi connectivity index (χ3v) is 7.14. The summed E-state index contributed by atoms with van der Waals surface area (Å²) in [7, 11) is 0. The molecule has 2 aromatic carbocycles. The van der Waals surface area contributed by atoms with Gasteiger partial charge in [-0.2, -0.15) is 0 Å². The summed E-state index contributed by atoms with van der Waals surface area (Å²) in [4.78, 5) is 4.76. The van der Waals surface area contributed by atoms with Gasteiger partial charge < -0.3 is 9.80 Å². The number of benzene rings is 2. The van der Waals surface area contributed by atoms with E-state index in [0.29, 0.717) is 0 Å². The first-order chi connectivity index (χ1) is 12.1. The number of halogens is 2. The Morgan fingerprint density at radius 2 is 0.885 bits per heavy atom. The molecule has 0 bridgehead atoms. The van der Waals surface area contributed by atoms with Crippen molar-refractivity contribution >= 4 is 43.2 Å². The second-order valence-corrected chi connectivity index (χ2v) is 8.95. The van der Waals surface area contributed by atoms with Gasteiger partial charge in [0.15, 0.2) is 0 Å². The number of rotatable bonds is 2. The molecular weight excluding hydrogens is 452 g/mol. The van der Waals surface area contributed by atoms with E-state index in [4.69, 9.17) is 0 Å². The molecule has 1 aliphatic heterocycles. The van der Waals surface area contributed by atoms with Crippen LogP contribution in [-0.4, -0.2) is 6.17 Å². The SMILES string of the molecule is Cc1cc(C)c(N2C(Br)=C(Br)N(c3c(C)cc(C)cc3C)C2C)c(C)c1. The fourth-order valence-electron chi connectivity index (χ4n) is 4.32. The maximum atomic E-state index is 3.85. The number of hydrogen-bond donors (Lipinski definition) is 0. The topological polar surface area (TPSA) is 6.48 Å². The second-order valence-electron chi connectivity index (χ2n) is 7.45. The fourth-order valence-corrected chi connectivity index (χ4v) is 5.65. The highest BCUT2D eigenvalue weighted by molar-refractivity contribution is 9.14. The van der Waals surface area contributed by atoms with Gasteiger partial charge in [0.25, 0.3) is 0 Å². The highest BCUT2D eigenvalue weighted by Crippen LogP contribution is 2.46. The summed E-state index contributed by atoms with van der Waals surface area (Å²) in [5.74, 6) is 0. The lowest BCUT2D eigenvalue weighted by atomic mass is 10.0. The molecule has 0 unspecified atom stereocenters. The van der Waals surface area contributed by atoms with E-state index in [1.54, 1.807) is 0 Å². The number of hydrogen-bond acceptors (Lipinski definition) is 2. The number of aryl methyl sites for hydroxylation is 6. The molecule has 0 saturated heterocycles. The maximum Gasteiger partial charge on any atom is 0.118 e. The maximum absolute atomic E-state index is 3.85. The summed E-state index contributed by atoms with van der Waals surface area (Å²) in [5.41, 5.74) is 10.3. The van der Waals surface area contributed by atoms with Crippen LogP contribution in [0.4, 0.5) is 11.4 Å². The molecule has 0 spiro atoms. The van der Waals surface area contributed by atoms with Crippen molar-refractivity contribution < 1.29 is 0 Å². The molecule has 0 aliphatic carbocycles. The lowest BCUT2D eigenvalue weighted by Gasteiger charge is -2.34. The molecule has 1 aliphatic rings. The minimum atomic E-state index is 0.166. The molecule has 3 rings (SSSR count). The summed E-state index contributed by atoms with van der Waals surface area (Å²) >= 11 is 7.70. The van der Waals surface area contributed by atoms with Crippen LogP contribution in [0.3, 0.4) is 0 Å². The predicted octanol–water partition coefficient (Wildman–Crippen LogP) is 7.13. The van der Waals surface area contributed by atoms with Crippen molar-refractivity contribution in [3.63, 3.8) is 0 Å². The van der Waals surface area contributed by atoms with Gasteiger partial charge in [-0.3, -0.25) is 0 Å². The van der Waals surface area contributed by atoms with E-state index in [1.165, 1.54) is 44.8 Å². The van der Waals surface area contributed by atoms with Gasteiger partial charge >= 0.3 is 0 Å². The molecule has 0 radical (unpaired) electrons. The molecule has 138 valence electrons. The normalized spacial score (nSPS) is 15.4. The van der Waals surface area contributed by atoms with E-state index in [9.17, 15) is 0 Å². The molecule has 1 heterocycles. The first-order valence-electron chi connectivity index (χ1n) is 8.93. The fraction of sp³-hybridized carbons (Fsp3) is 0.364. The largest absolute Gasteiger partial charge is 0.312 e. The van der Waals surface area contributed by atoms with Crippen molar-refractivity contribution in [2.45, 2.75) is 54.6 Å². The van der Waals surface area contributed by atoms with Crippen molar-refractivity contribution in [1.82, 2.24) is 0 Å². The molecule has 0 saturated carbocycles. The van der Waals surface area contributed by atoms with Crippen LogP contribution in [-0.2, 0) is 0 Å². The zero-order chi connectivity index (χ0) is 19.3. The second kappa shape index (κ2) is 7.05. The minimum absolute atomic E-state index is 0.166. The molecule has 2 aromatic rings. The van der Waals surface area contributed by atoms with Gasteiger partial charge in [-0.1, -0.05) is 35.4 Å². The highest BCUT2D eigenvalue weighted by atomic mass is 79.9. The average Bonchev–Trinajstić information content (AvgIpc) is 2.71. The monoisotopic (exact) mass is 476 g/mol. The molecular formula is C22H26Br2N2. The molecule has 4 heteroatoms. The van der Waals surface area contributed by atoms with Gasteiger partial charge in [-0.15, -0.1) is 0 Å². The summed E-state index contributed by atoms with van der Waals surface area (Å²) < 4.78 is 2.14. The summed E-state index contributed by atoms with van der Waals surface area (Å²) in [6.45, 7) is 15.4. The molecule has 26 heavy (non-hydrogen) atoms. The first-order valence-corrected chi connectivity index (χ1v) is 10.5. The van der Waals surface area contributed by atoms with Crippen LogP contribution in [0.1, 0.15) is 40.3 Å². The van der Waals surface area contributed by atoms with Crippen molar-refractivity contribution in [2.24, 2.45) is 0 Å². The summed E-state index contributed by atoms with van der Waals surface area (Å²) in [5, 5.41) is 0. The van der Waals surface area contributed by atoms with E-state index in [1.807, 2.05) is 0 Å². The Morgan fingerprint density at radius 1 is 0.615 bits per heavy atom. The zero-order valence-corrected chi connectivity index (χ0v) is 19.7. The quantitative estimate of drug-likeness (QED) is 0.424. The Balaban J connectivity index is 2.16. The third-order valence-electron chi connectivity index (χ3n) is 5.09. The van der Waals surface area contributed by atoms with Crippen LogP contribution in [0.5, 0.6) is 0 Å². The van der Waals surface area contributed by atoms with E-state index in [0.717, 1.165) is 9.21 Å². The molecule has 0 amide bonds. The lowest BCUT2D eigenvalue weighted by molar-refractivity contribution is 0.739. The van der Waals surface area contributed by atoms with E-state index in [-0.39, 0.29) is 6.17 Å². The summed E-state index contributed by atoms with van der Waals surface area (Å²) in [6.07, 6.45) is 0.166. The third kappa shape index (κ3) is 3.11. The van der Waals surface area contributed by atoms with Crippen LogP contribution in [0, 0.1) is 41.5 Å². The standard InChI is InChI=1S/C22H26Br2N2/c1-12-8-14(3)19(15(4)9-12)25-18(7)26(22(24)21(25)23)20-16(5)10-13(2)11-17(20)6/h8-11,18H,1-7H3. The van der Waals surface area contributed by atoms with Crippen LogP contribution < -0.4 is 9.80 Å². The number of anilines is 2. The number of nitrogens with zero attached hydrogens (tertiary/aromatic N) is 2. The van der Waals surface area contributed by atoms with Crippen LogP contribution in [0.15, 0.2) is 33.5 Å². The summed E-state index contributed by atoms with van der Waals surface area (Å²) in [6, 6.07) is 9.03. The Morgan fingerprint density at radius 3 is 1.15 bits per heavy atom. The van der Waals surface area contributed by atoms with Gasteiger partial charge in [-0.25, -0.2) is 0 Å². The molecule has 2 nitrogen and oxygen atoms in total. The van der Waals surface area contributed by atoms with E-state index >= 15 is 0 Å². The van der Waals surface area contributed by atoms with Gasteiger partial charge in [-0.05, 0) is 103 Å². The molecule has 0 atom stereocenters. The van der Waals surface area contributed by atoms with Crippen LogP contribution in [0.25, 0.3) is 0 Å². The average molecular weight is 478 g/mol. The van der Waals surface area contributed by atoms with Crippen molar-refractivity contribution in [3.05, 3.63) is 66.9 Å². The minimum Gasteiger partial charge on any atom is -0.312 e. The van der Waals surface area contributed by atoms with Crippen LogP contribution >= 0.6 is 31.9 Å². The Hall–Kier alpha value is -1.26. The van der Waals surface area contributed by atoms with Gasteiger partial charge in [0.2, 0.25) is 0 Å². The highest BCUT2D eigenvalue weighted by Gasteiger charge is 2.37. The van der Waals surface area contributed by atoms with E-state index in [2.05, 4.69) is 114 Å². The smallest absolute Gasteiger partial charge is 0.118 e. The zero-order valence-electron chi connectivity index (χ0n) is 16.5. The van der Waals surface area contributed by atoms with E-state index < -0.39 is 0 Å². The Labute approximate surface area is 174 Å². The van der Waals surface area contributed by atoms with Gasteiger partial charge in [0.05, 0.1) is 0 Å². The van der Waals surface area contributed by atoms with Crippen molar-refractivity contribution in [1.29, 1.82) is 0 Å². The van der Waals surface area contributed by atoms with Gasteiger partial charge in [0, 0.05) is 11.4 Å². The lowest BCUT2D eigenvalue weighted by Crippen LogP contribution is -2.38. The Bertz CT molecular complexity index is 795. The predicted molar refractivity (Wildman–Crippen MR) is 121 cm³/mol. The molecule has 0 aromatic heterocycles.